The molecule has 0 aromatic heterocycles. The average Bonchev–Trinajstić information content (AvgIpc) is 2.40. The molecule has 0 spiro atoms. The van der Waals surface area contributed by atoms with Crippen molar-refractivity contribution in [3.8, 4) is 0 Å². The zero-order chi connectivity index (χ0) is 15.6. The van der Waals surface area contributed by atoms with Crippen molar-refractivity contribution in [2.45, 2.75) is 32.2 Å². The van der Waals surface area contributed by atoms with Gasteiger partial charge in [0.05, 0.1) is 4.90 Å². The van der Waals surface area contributed by atoms with E-state index in [-0.39, 0.29) is 0 Å². The molecule has 0 amide bonds. The van der Waals surface area contributed by atoms with Gasteiger partial charge in [0.1, 0.15) is 0 Å². The van der Waals surface area contributed by atoms with Gasteiger partial charge in [-0.05, 0) is 49.6 Å². The van der Waals surface area contributed by atoms with Crippen molar-refractivity contribution in [3.05, 3.63) is 58.7 Å². The van der Waals surface area contributed by atoms with E-state index in [0.717, 1.165) is 11.3 Å². The molecule has 0 aliphatic rings. The Morgan fingerprint density at radius 3 is 2.29 bits per heavy atom. The molecule has 0 bridgehead atoms. The van der Waals surface area contributed by atoms with Crippen LogP contribution in [0, 0.1) is 20.8 Å². The van der Waals surface area contributed by atoms with Crippen LogP contribution in [0.3, 0.4) is 0 Å². The van der Waals surface area contributed by atoms with Crippen LogP contribution >= 0.6 is 0 Å². The summed E-state index contributed by atoms with van der Waals surface area (Å²) < 4.78 is 23.3. The number of rotatable bonds is 4. The van der Waals surface area contributed by atoms with Crippen LogP contribution in [0.15, 0.2) is 41.3 Å². The maximum atomic E-state index is 11.6. The molecule has 0 radical (unpaired) electrons. The van der Waals surface area contributed by atoms with Crippen LogP contribution in [-0.2, 0) is 16.4 Å². The minimum atomic E-state index is -3.18. The normalized spacial score (nSPS) is 11.4. The lowest BCUT2D eigenvalue weighted by Crippen LogP contribution is -2.05. The first-order valence-corrected chi connectivity index (χ1v) is 8.77. The number of sulfone groups is 1. The Morgan fingerprint density at radius 2 is 1.62 bits per heavy atom. The Bertz CT molecular complexity index is 764. The van der Waals surface area contributed by atoms with E-state index in [1.807, 2.05) is 13.0 Å². The van der Waals surface area contributed by atoms with Crippen LogP contribution in [0.1, 0.15) is 22.3 Å². The van der Waals surface area contributed by atoms with Gasteiger partial charge in [-0.3, -0.25) is 0 Å². The highest BCUT2D eigenvalue weighted by molar-refractivity contribution is 7.90. The molecule has 3 nitrogen and oxygen atoms in total. The van der Waals surface area contributed by atoms with Gasteiger partial charge in [0, 0.05) is 18.5 Å². The lowest BCUT2D eigenvalue weighted by atomic mass is 10.1. The standard InChI is InChI=1S/C17H21NO2S/c1-12-5-6-13(2)15(9-12)11-18-17-10-16(21(4,19)20)8-7-14(17)3/h5-10,18H,11H2,1-4H3. The van der Waals surface area contributed by atoms with Crippen LogP contribution in [0.4, 0.5) is 5.69 Å². The molecule has 0 atom stereocenters. The fourth-order valence-corrected chi connectivity index (χ4v) is 2.85. The van der Waals surface area contributed by atoms with Crippen LogP contribution in [0.5, 0.6) is 0 Å². The van der Waals surface area contributed by atoms with Crippen molar-refractivity contribution < 1.29 is 8.42 Å². The Hall–Kier alpha value is -1.81. The summed E-state index contributed by atoms with van der Waals surface area (Å²) in [6.07, 6.45) is 1.23. The second kappa shape index (κ2) is 5.90. The molecule has 1 N–H and O–H groups in total. The maximum Gasteiger partial charge on any atom is 0.175 e. The fourth-order valence-electron chi connectivity index (χ4n) is 2.20. The Labute approximate surface area is 126 Å². The summed E-state index contributed by atoms with van der Waals surface area (Å²) in [6, 6.07) is 11.5. The van der Waals surface area contributed by atoms with Crippen molar-refractivity contribution in [1.82, 2.24) is 0 Å². The molecule has 0 saturated carbocycles. The SMILES string of the molecule is Cc1ccc(C)c(CNc2cc(S(C)(=O)=O)ccc2C)c1. The second-order valence-electron chi connectivity index (χ2n) is 5.53. The molecule has 0 fully saturated rings. The summed E-state index contributed by atoms with van der Waals surface area (Å²) in [4.78, 5) is 0.344. The monoisotopic (exact) mass is 303 g/mol. The number of nitrogens with one attached hydrogen (secondary N) is 1. The highest BCUT2D eigenvalue weighted by Crippen LogP contribution is 2.21. The van der Waals surface area contributed by atoms with Gasteiger partial charge >= 0.3 is 0 Å². The highest BCUT2D eigenvalue weighted by Gasteiger charge is 2.09. The first-order chi connectivity index (χ1) is 9.77. The summed E-state index contributed by atoms with van der Waals surface area (Å²) in [7, 11) is -3.18. The molecular formula is C17H21NO2S. The molecule has 0 aliphatic carbocycles. The summed E-state index contributed by atoms with van der Waals surface area (Å²) in [5.74, 6) is 0. The molecule has 2 rings (SSSR count). The Balaban J connectivity index is 2.26. The molecule has 2 aromatic rings. The second-order valence-corrected chi connectivity index (χ2v) is 7.55. The third-order valence-corrected chi connectivity index (χ3v) is 4.72. The molecule has 0 heterocycles. The minimum absolute atomic E-state index is 0.344. The maximum absolute atomic E-state index is 11.6. The van der Waals surface area contributed by atoms with Crippen molar-refractivity contribution in [2.24, 2.45) is 0 Å². The average molecular weight is 303 g/mol. The molecule has 0 saturated heterocycles. The Kier molecular flexibility index (Phi) is 4.37. The quantitative estimate of drug-likeness (QED) is 0.938. The number of aryl methyl sites for hydroxylation is 3. The topological polar surface area (TPSA) is 46.2 Å². The molecular weight excluding hydrogens is 282 g/mol. The first kappa shape index (κ1) is 15.6. The largest absolute Gasteiger partial charge is 0.381 e. The Morgan fingerprint density at radius 1 is 0.952 bits per heavy atom. The van der Waals surface area contributed by atoms with Gasteiger partial charge in [0.25, 0.3) is 0 Å². The predicted octanol–water partition coefficient (Wildman–Crippen LogP) is 3.63. The first-order valence-electron chi connectivity index (χ1n) is 6.88. The highest BCUT2D eigenvalue weighted by atomic mass is 32.2. The van der Waals surface area contributed by atoms with Gasteiger partial charge < -0.3 is 5.32 Å². The lowest BCUT2D eigenvalue weighted by Gasteiger charge is -2.13. The zero-order valence-electron chi connectivity index (χ0n) is 12.9. The van der Waals surface area contributed by atoms with Crippen molar-refractivity contribution in [2.75, 3.05) is 11.6 Å². The van der Waals surface area contributed by atoms with E-state index in [2.05, 4.69) is 37.4 Å². The molecule has 0 unspecified atom stereocenters. The summed E-state index contributed by atoms with van der Waals surface area (Å²) in [5, 5.41) is 3.35. The summed E-state index contributed by atoms with van der Waals surface area (Å²) in [5.41, 5.74) is 5.56. The van der Waals surface area contributed by atoms with Crippen LogP contribution < -0.4 is 5.32 Å². The van der Waals surface area contributed by atoms with Gasteiger partial charge in [-0.15, -0.1) is 0 Å². The van der Waals surface area contributed by atoms with Gasteiger partial charge in [-0.25, -0.2) is 8.42 Å². The van der Waals surface area contributed by atoms with E-state index in [1.54, 1.807) is 12.1 Å². The number of benzene rings is 2. The van der Waals surface area contributed by atoms with E-state index in [1.165, 1.54) is 22.9 Å². The number of hydrogen-bond acceptors (Lipinski definition) is 3. The molecule has 112 valence electrons. The number of hydrogen-bond donors (Lipinski definition) is 1. The van der Waals surface area contributed by atoms with E-state index in [0.29, 0.717) is 11.4 Å². The molecule has 2 aromatic carbocycles. The molecule has 0 aliphatic heterocycles. The fraction of sp³-hybridized carbons (Fsp3) is 0.294. The third kappa shape index (κ3) is 3.85. The zero-order valence-corrected chi connectivity index (χ0v) is 13.7. The van der Waals surface area contributed by atoms with Crippen molar-refractivity contribution in [1.29, 1.82) is 0 Å². The van der Waals surface area contributed by atoms with E-state index in [9.17, 15) is 8.42 Å². The predicted molar refractivity (Wildman–Crippen MR) is 87.5 cm³/mol. The van der Waals surface area contributed by atoms with Crippen LogP contribution in [0.25, 0.3) is 0 Å². The molecule has 4 heteroatoms. The van der Waals surface area contributed by atoms with Gasteiger partial charge in [0.2, 0.25) is 0 Å². The smallest absolute Gasteiger partial charge is 0.175 e. The summed E-state index contributed by atoms with van der Waals surface area (Å²) in [6.45, 7) is 6.80. The van der Waals surface area contributed by atoms with E-state index in [4.69, 9.17) is 0 Å². The van der Waals surface area contributed by atoms with Gasteiger partial charge in [0.15, 0.2) is 9.84 Å². The lowest BCUT2D eigenvalue weighted by molar-refractivity contribution is 0.602. The molecule has 21 heavy (non-hydrogen) atoms. The van der Waals surface area contributed by atoms with Crippen LogP contribution in [-0.4, -0.2) is 14.7 Å². The van der Waals surface area contributed by atoms with Crippen LogP contribution in [0.2, 0.25) is 0 Å². The van der Waals surface area contributed by atoms with Crippen molar-refractivity contribution >= 4 is 15.5 Å². The van der Waals surface area contributed by atoms with Gasteiger partial charge in [-0.2, -0.15) is 0 Å². The van der Waals surface area contributed by atoms with E-state index < -0.39 is 9.84 Å². The third-order valence-electron chi connectivity index (χ3n) is 3.61. The van der Waals surface area contributed by atoms with E-state index >= 15 is 0 Å². The number of anilines is 1. The van der Waals surface area contributed by atoms with Gasteiger partial charge in [-0.1, -0.05) is 29.8 Å². The van der Waals surface area contributed by atoms with Crippen molar-refractivity contribution in [3.63, 3.8) is 0 Å². The summed E-state index contributed by atoms with van der Waals surface area (Å²) >= 11 is 0. The minimum Gasteiger partial charge on any atom is -0.381 e.